The Labute approximate surface area is 144 Å². The summed E-state index contributed by atoms with van der Waals surface area (Å²) in [5.74, 6) is -2.13. The monoisotopic (exact) mass is 347 g/mol. The van der Waals surface area contributed by atoms with E-state index in [1.165, 1.54) is 0 Å². The summed E-state index contributed by atoms with van der Waals surface area (Å²) in [6.07, 6.45) is 2.20. The lowest BCUT2D eigenvalue weighted by Crippen LogP contribution is -2.34. The molecule has 2 aliphatic rings. The smallest absolute Gasteiger partial charge is 0.249 e. The van der Waals surface area contributed by atoms with Crippen LogP contribution in [0.1, 0.15) is 49.5 Å². The molecule has 2 fully saturated rings. The van der Waals surface area contributed by atoms with Crippen molar-refractivity contribution >= 4 is 5.91 Å². The average molecular weight is 347 g/mol. The molecule has 0 N–H and O–H groups in total. The molecule has 0 spiro atoms. The Balaban J connectivity index is 1.42. The van der Waals surface area contributed by atoms with E-state index in [1.54, 1.807) is 0 Å². The summed E-state index contributed by atoms with van der Waals surface area (Å²) >= 11 is 0. The molecule has 1 aliphatic carbocycles. The number of alkyl halides is 2. The zero-order valence-electron chi connectivity index (χ0n) is 13.8. The average Bonchev–Trinajstić information content (AvgIpc) is 3.05. The number of amides is 1. The highest BCUT2D eigenvalue weighted by molar-refractivity contribution is 5.76. The molecule has 1 amide bonds. The summed E-state index contributed by atoms with van der Waals surface area (Å²) in [6.45, 7) is 1.41. The first kappa shape index (κ1) is 16.2. The van der Waals surface area contributed by atoms with E-state index in [0.717, 1.165) is 30.5 Å². The standard InChI is InChI=1S/C18H19F2N3O2/c19-18(20)9-14(10-18)17-22-21-16(25-17)13-6-4-12(5-7-13)11-23-8-2-1-3-15(23)24/h4-7,14H,1-3,8-11H2. The number of likely N-dealkylation sites (tertiary alicyclic amines) is 1. The van der Waals surface area contributed by atoms with Gasteiger partial charge in [-0.15, -0.1) is 10.2 Å². The van der Waals surface area contributed by atoms with Gasteiger partial charge in [-0.2, -0.15) is 0 Å². The molecule has 0 bridgehead atoms. The molecule has 132 valence electrons. The second-order valence-electron chi connectivity index (χ2n) is 6.88. The van der Waals surface area contributed by atoms with Crippen molar-refractivity contribution in [3.05, 3.63) is 35.7 Å². The highest BCUT2D eigenvalue weighted by Gasteiger charge is 2.48. The van der Waals surface area contributed by atoms with Crippen LogP contribution in [-0.4, -0.2) is 33.5 Å². The Morgan fingerprint density at radius 1 is 1.16 bits per heavy atom. The maximum atomic E-state index is 13.0. The Morgan fingerprint density at radius 2 is 1.92 bits per heavy atom. The van der Waals surface area contributed by atoms with Gasteiger partial charge in [0.15, 0.2) is 0 Å². The van der Waals surface area contributed by atoms with Crippen molar-refractivity contribution in [1.82, 2.24) is 15.1 Å². The Bertz CT molecular complexity index is 765. The van der Waals surface area contributed by atoms with Gasteiger partial charge in [0, 0.05) is 43.8 Å². The third-order valence-corrected chi connectivity index (χ3v) is 4.88. The van der Waals surface area contributed by atoms with Gasteiger partial charge in [-0.1, -0.05) is 12.1 Å². The highest BCUT2D eigenvalue weighted by Crippen LogP contribution is 2.48. The zero-order valence-corrected chi connectivity index (χ0v) is 13.8. The van der Waals surface area contributed by atoms with Gasteiger partial charge in [0.2, 0.25) is 23.6 Å². The summed E-state index contributed by atoms with van der Waals surface area (Å²) < 4.78 is 31.5. The van der Waals surface area contributed by atoms with E-state index < -0.39 is 5.92 Å². The largest absolute Gasteiger partial charge is 0.420 e. The topological polar surface area (TPSA) is 59.2 Å². The number of benzene rings is 1. The number of piperidine rings is 1. The predicted molar refractivity (Wildman–Crippen MR) is 85.9 cm³/mol. The number of halogens is 2. The molecule has 5 nitrogen and oxygen atoms in total. The molecule has 1 aromatic carbocycles. The zero-order chi connectivity index (χ0) is 17.4. The maximum absolute atomic E-state index is 13.0. The molecule has 1 aliphatic heterocycles. The molecule has 2 heterocycles. The molecule has 1 saturated heterocycles. The van der Waals surface area contributed by atoms with Crippen LogP contribution < -0.4 is 0 Å². The first-order valence-corrected chi connectivity index (χ1v) is 8.58. The van der Waals surface area contributed by atoms with Gasteiger partial charge in [-0.3, -0.25) is 4.79 Å². The van der Waals surface area contributed by atoms with Crippen molar-refractivity contribution in [1.29, 1.82) is 0 Å². The molecule has 1 aromatic heterocycles. The van der Waals surface area contributed by atoms with E-state index in [2.05, 4.69) is 10.2 Å². The van der Waals surface area contributed by atoms with Crippen LogP contribution in [-0.2, 0) is 11.3 Å². The van der Waals surface area contributed by atoms with E-state index in [9.17, 15) is 13.6 Å². The molecule has 25 heavy (non-hydrogen) atoms. The molecular weight excluding hydrogens is 328 g/mol. The number of nitrogens with zero attached hydrogens (tertiary/aromatic N) is 3. The lowest BCUT2D eigenvalue weighted by molar-refractivity contribution is -0.133. The van der Waals surface area contributed by atoms with Crippen LogP contribution in [0.25, 0.3) is 11.5 Å². The Hall–Kier alpha value is -2.31. The van der Waals surface area contributed by atoms with Crippen LogP contribution in [0.4, 0.5) is 8.78 Å². The van der Waals surface area contributed by atoms with E-state index >= 15 is 0 Å². The van der Waals surface area contributed by atoms with E-state index in [0.29, 0.717) is 18.9 Å². The van der Waals surface area contributed by atoms with E-state index in [4.69, 9.17) is 4.42 Å². The second-order valence-corrected chi connectivity index (χ2v) is 6.88. The number of rotatable bonds is 4. The maximum Gasteiger partial charge on any atom is 0.249 e. The molecule has 7 heteroatoms. The van der Waals surface area contributed by atoms with Gasteiger partial charge in [-0.05, 0) is 30.5 Å². The molecule has 4 rings (SSSR count). The van der Waals surface area contributed by atoms with Gasteiger partial charge < -0.3 is 9.32 Å². The SMILES string of the molecule is O=C1CCCCN1Cc1ccc(-c2nnc(C3CC(F)(F)C3)o2)cc1. The van der Waals surface area contributed by atoms with Crippen LogP contribution in [0.5, 0.6) is 0 Å². The fraction of sp³-hybridized carbons (Fsp3) is 0.500. The van der Waals surface area contributed by atoms with Crippen molar-refractivity contribution in [2.45, 2.75) is 50.5 Å². The van der Waals surface area contributed by atoms with Crippen molar-refractivity contribution in [2.75, 3.05) is 6.54 Å². The Morgan fingerprint density at radius 3 is 2.60 bits per heavy atom. The fourth-order valence-electron chi connectivity index (χ4n) is 3.35. The van der Waals surface area contributed by atoms with Gasteiger partial charge in [-0.25, -0.2) is 8.78 Å². The molecule has 1 saturated carbocycles. The van der Waals surface area contributed by atoms with Crippen molar-refractivity contribution in [3.63, 3.8) is 0 Å². The minimum atomic E-state index is -2.60. The minimum Gasteiger partial charge on any atom is -0.420 e. The summed E-state index contributed by atoms with van der Waals surface area (Å²) in [5.41, 5.74) is 1.79. The molecule has 0 radical (unpaired) electrons. The number of aromatic nitrogens is 2. The fourth-order valence-corrected chi connectivity index (χ4v) is 3.35. The highest BCUT2D eigenvalue weighted by atomic mass is 19.3. The summed E-state index contributed by atoms with van der Waals surface area (Å²) in [6, 6.07) is 7.57. The van der Waals surface area contributed by atoms with Crippen LogP contribution in [0.2, 0.25) is 0 Å². The number of hydrogen-bond acceptors (Lipinski definition) is 4. The van der Waals surface area contributed by atoms with Crippen LogP contribution in [0, 0.1) is 0 Å². The van der Waals surface area contributed by atoms with Crippen LogP contribution >= 0.6 is 0 Å². The normalized spacial score (nSPS) is 20.6. The van der Waals surface area contributed by atoms with Gasteiger partial charge in [0.25, 0.3) is 0 Å². The first-order chi connectivity index (χ1) is 12.0. The van der Waals surface area contributed by atoms with Crippen molar-refractivity contribution in [3.8, 4) is 11.5 Å². The molecule has 0 atom stereocenters. The van der Waals surface area contributed by atoms with Gasteiger partial charge in [0.1, 0.15) is 0 Å². The van der Waals surface area contributed by atoms with Crippen LogP contribution in [0.3, 0.4) is 0 Å². The van der Waals surface area contributed by atoms with Gasteiger partial charge >= 0.3 is 0 Å². The first-order valence-electron chi connectivity index (χ1n) is 8.58. The Kier molecular flexibility index (Phi) is 4.01. The van der Waals surface area contributed by atoms with Crippen molar-refractivity contribution < 1.29 is 18.0 Å². The third-order valence-electron chi connectivity index (χ3n) is 4.88. The lowest BCUT2D eigenvalue weighted by atomic mass is 9.81. The van der Waals surface area contributed by atoms with E-state index in [-0.39, 0.29) is 30.6 Å². The summed E-state index contributed by atoms with van der Waals surface area (Å²) in [5, 5.41) is 7.87. The number of carbonyl (C=O) groups is 1. The summed E-state index contributed by atoms with van der Waals surface area (Å²) in [4.78, 5) is 13.7. The summed E-state index contributed by atoms with van der Waals surface area (Å²) in [7, 11) is 0. The molecule has 0 unspecified atom stereocenters. The quantitative estimate of drug-likeness (QED) is 0.845. The number of carbonyl (C=O) groups excluding carboxylic acids is 1. The lowest BCUT2D eigenvalue weighted by Gasteiger charge is -2.32. The third kappa shape index (κ3) is 3.41. The van der Waals surface area contributed by atoms with E-state index in [1.807, 2.05) is 29.2 Å². The predicted octanol–water partition coefficient (Wildman–Crippen LogP) is 3.76. The second kappa shape index (κ2) is 6.20. The number of hydrogen-bond donors (Lipinski definition) is 0. The van der Waals surface area contributed by atoms with Crippen molar-refractivity contribution in [2.24, 2.45) is 0 Å². The molecule has 2 aromatic rings. The minimum absolute atomic E-state index is 0.203. The van der Waals surface area contributed by atoms with Gasteiger partial charge in [0.05, 0.1) is 0 Å². The van der Waals surface area contributed by atoms with Crippen LogP contribution in [0.15, 0.2) is 28.7 Å². The molecular formula is C18H19F2N3O2.